The van der Waals surface area contributed by atoms with Crippen LogP contribution in [0.25, 0.3) is 0 Å². The van der Waals surface area contributed by atoms with Crippen molar-refractivity contribution in [1.29, 1.82) is 0 Å². The zero-order chi connectivity index (χ0) is 22.4. The molecule has 2 heterocycles. The molecule has 0 aliphatic carbocycles. The predicted octanol–water partition coefficient (Wildman–Crippen LogP) is -0.831. The predicted molar refractivity (Wildman–Crippen MR) is 87.7 cm³/mol. The monoisotopic (exact) mass is 387 g/mol. The Hall–Kier alpha value is -2.95. The minimum absolute atomic E-state index is 0.132. The molecule has 1 N–H and O–H groups in total. The maximum Gasteiger partial charge on any atom is 0.330 e. The molecule has 1 unspecified atom stereocenters. The molecule has 2 rings (SSSR count). The molecule has 1 aromatic rings. The molecule has 0 radical (unpaired) electrons. The van der Waals surface area contributed by atoms with Crippen LogP contribution >= 0.6 is 0 Å². The normalized spacial score (nSPS) is 25.7. The van der Waals surface area contributed by atoms with E-state index in [1.54, 1.807) is 0 Å². The average molecular weight is 387 g/mol. The molecular formula is C16H20N2O9. The molecular weight excluding hydrogens is 364 g/mol. The minimum atomic E-state index is -1.44. The molecule has 11 nitrogen and oxygen atoms in total. The van der Waals surface area contributed by atoms with Crippen LogP contribution in [-0.4, -0.2) is 52.4 Å². The highest BCUT2D eigenvalue weighted by atomic mass is 16.7. The summed E-state index contributed by atoms with van der Waals surface area (Å²) in [7, 11) is 0. The number of ether oxygens (including phenoxy) is 4. The third-order valence-electron chi connectivity index (χ3n) is 3.65. The van der Waals surface area contributed by atoms with Gasteiger partial charge in [-0.2, -0.15) is 0 Å². The summed E-state index contributed by atoms with van der Waals surface area (Å²) in [6.45, 7) is -1.31. The number of hydrogen-bond acceptors (Lipinski definition) is 9. The molecule has 0 bridgehead atoms. The quantitative estimate of drug-likeness (QED) is 0.505. The Morgan fingerprint density at radius 3 is 2.41 bits per heavy atom. The number of hydrogen-bond donors (Lipinski definition) is 1. The molecule has 1 aromatic heterocycles. The van der Waals surface area contributed by atoms with Crippen LogP contribution < -0.4 is 11.2 Å². The van der Waals surface area contributed by atoms with Crippen molar-refractivity contribution in [2.45, 2.75) is 52.2 Å². The van der Waals surface area contributed by atoms with E-state index in [9.17, 15) is 24.0 Å². The second-order valence-electron chi connectivity index (χ2n) is 5.64. The fraction of sp³-hybridized carbons (Fsp3) is 0.562. The third-order valence-corrected chi connectivity index (χ3v) is 3.65. The number of rotatable bonds is 5. The van der Waals surface area contributed by atoms with Gasteiger partial charge in [0.25, 0.3) is 5.56 Å². The minimum Gasteiger partial charge on any atom is -0.463 e. The number of H-pyrrole nitrogens is 1. The van der Waals surface area contributed by atoms with Gasteiger partial charge in [0, 0.05) is 36.6 Å². The summed E-state index contributed by atoms with van der Waals surface area (Å²) in [6, 6.07) is 0. The lowest BCUT2D eigenvalue weighted by atomic mass is 10.1. The van der Waals surface area contributed by atoms with Gasteiger partial charge < -0.3 is 18.9 Å². The largest absolute Gasteiger partial charge is 0.463 e. The van der Waals surface area contributed by atoms with Crippen LogP contribution in [0, 0.1) is 6.92 Å². The number of nitrogens with one attached hydrogen (secondary N) is 1. The van der Waals surface area contributed by atoms with E-state index >= 15 is 0 Å². The van der Waals surface area contributed by atoms with E-state index in [0.717, 1.165) is 10.8 Å². The van der Waals surface area contributed by atoms with E-state index in [-0.39, 0.29) is 5.56 Å². The lowest BCUT2D eigenvalue weighted by Gasteiger charge is -2.24. The fourth-order valence-electron chi connectivity index (χ4n) is 2.59. The molecule has 1 aliphatic rings. The summed E-state index contributed by atoms with van der Waals surface area (Å²) in [5.74, 6) is -2.92. The van der Waals surface area contributed by atoms with Crippen molar-refractivity contribution >= 4 is 17.9 Å². The first-order valence-electron chi connectivity index (χ1n) is 9.73. The average Bonchev–Trinajstić information content (AvgIpc) is 3.05. The Morgan fingerprint density at radius 2 is 1.78 bits per heavy atom. The molecule has 4 atom stereocenters. The van der Waals surface area contributed by atoms with Gasteiger partial charge in [-0.25, -0.2) is 4.79 Å². The summed E-state index contributed by atoms with van der Waals surface area (Å²) in [6.07, 6.45) is -4.30. The van der Waals surface area contributed by atoms with Crippen LogP contribution in [0.2, 0.25) is 0 Å². The number of aromatic amines is 1. The number of aromatic nitrogens is 2. The number of carbonyl (C=O) groups excluding carboxylic acids is 3. The molecule has 0 aromatic carbocycles. The zero-order valence-corrected chi connectivity index (χ0v) is 14.3. The van der Waals surface area contributed by atoms with Crippen LogP contribution in [0.4, 0.5) is 0 Å². The summed E-state index contributed by atoms with van der Waals surface area (Å²) in [4.78, 5) is 60.8. The maximum absolute atomic E-state index is 12.3. The standard InChI is InChI=1S/C16H20N2O9/c1-7-5-18(16(23)17-14(7)22)15-13(26-10(4)21)12(25-9(3)20)11(27-15)6-24-8(2)19/h5,11-13,15H,6H2,1-4H3,(H,17,22,23)/t11-,12+,13-,15?/m1/s1/i2D,3D,4D. The Bertz CT molecular complexity index is 916. The van der Waals surface area contributed by atoms with Crippen LogP contribution in [0.1, 0.15) is 36.6 Å². The van der Waals surface area contributed by atoms with Crippen LogP contribution in [0.3, 0.4) is 0 Å². The van der Waals surface area contributed by atoms with Crippen molar-refractivity contribution in [3.63, 3.8) is 0 Å². The van der Waals surface area contributed by atoms with E-state index in [4.69, 9.17) is 23.1 Å². The lowest BCUT2D eigenvalue weighted by molar-refractivity contribution is -0.166. The third kappa shape index (κ3) is 4.82. The fourth-order valence-corrected chi connectivity index (χ4v) is 2.59. The molecule has 148 valence electrons. The van der Waals surface area contributed by atoms with E-state index in [0.29, 0.717) is 0 Å². The number of aryl methyl sites for hydroxylation is 1. The summed E-state index contributed by atoms with van der Waals surface area (Å²) in [5.41, 5.74) is -1.42. The SMILES string of the molecule is [2H]CC(=O)OC[C@H]1OC(n2cc(C)c(=O)[nH]c2=O)[C@H](OC(=O)C[2H])[C@H]1OC(=O)C[2H]. The molecule has 27 heavy (non-hydrogen) atoms. The molecule has 1 aliphatic heterocycles. The van der Waals surface area contributed by atoms with Crippen molar-refractivity contribution < 1.29 is 37.4 Å². The summed E-state index contributed by atoms with van der Waals surface area (Å²) >= 11 is 0. The molecule has 0 spiro atoms. The highest BCUT2D eigenvalue weighted by Crippen LogP contribution is 2.33. The van der Waals surface area contributed by atoms with Gasteiger partial charge in [-0.3, -0.25) is 28.7 Å². The number of nitrogens with zero attached hydrogens (tertiary/aromatic N) is 1. The zero-order valence-electron chi connectivity index (χ0n) is 17.3. The van der Waals surface area contributed by atoms with Gasteiger partial charge in [0.1, 0.15) is 12.7 Å². The van der Waals surface area contributed by atoms with E-state index < -0.39 is 81.0 Å². The molecule has 0 amide bonds. The molecule has 1 saturated heterocycles. The van der Waals surface area contributed by atoms with E-state index in [1.807, 2.05) is 0 Å². The first kappa shape index (κ1) is 16.2. The van der Waals surface area contributed by atoms with Gasteiger partial charge in [0.2, 0.25) is 0 Å². The van der Waals surface area contributed by atoms with Gasteiger partial charge in [0.05, 0.1) is 0 Å². The van der Waals surface area contributed by atoms with Gasteiger partial charge in [-0.05, 0) is 6.92 Å². The van der Waals surface area contributed by atoms with Crippen LogP contribution in [0.5, 0.6) is 0 Å². The highest BCUT2D eigenvalue weighted by molar-refractivity contribution is 5.67. The number of esters is 3. The molecule has 1 fully saturated rings. The van der Waals surface area contributed by atoms with Crippen molar-refractivity contribution in [3.05, 3.63) is 32.6 Å². The summed E-state index contributed by atoms with van der Waals surface area (Å²) < 4.78 is 42.9. The van der Waals surface area contributed by atoms with E-state index in [1.165, 1.54) is 6.92 Å². The topological polar surface area (TPSA) is 143 Å². The lowest BCUT2D eigenvalue weighted by Crippen LogP contribution is -2.42. The van der Waals surface area contributed by atoms with Crippen molar-refractivity contribution in [3.8, 4) is 0 Å². The first-order valence-corrected chi connectivity index (χ1v) is 7.61. The Balaban J connectivity index is 2.47. The Labute approximate surface area is 157 Å². The Kier molecular flexibility index (Phi) is 4.91. The van der Waals surface area contributed by atoms with Gasteiger partial charge >= 0.3 is 23.6 Å². The second kappa shape index (κ2) is 8.16. The molecule has 0 saturated carbocycles. The first-order chi connectivity index (χ1) is 14.2. The van der Waals surface area contributed by atoms with Crippen molar-refractivity contribution in [2.24, 2.45) is 0 Å². The van der Waals surface area contributed by atoms with Crippen LogP contribution in [0.15, 0.2) is 15.8 Å². The van der Waals surface area contributed by atoms with Gasteiger partial charge in [-0.1, -0.05) is 0 Å². The smallest absolute Gasteiger partial charge is 0.330 e. The van der Waals surface area contributed by atoms with Crippen LogP contribution in [-0.2, 0) is 33.3 Å². The highest BCUT2D eigenvalue weighted by Gasteiger charge is 2.50. The summed E-state index contributed by atoms with van der Waals surface area (Å²) in [5, 5.41) is 0. The maximum atomic E-state index is 12.3. The van der Waals surface area contributed by atoms with Crippen molar-refractivity contribution in [2.75, 3.05) is 6.61 Å². The van der Waals surface area contributed by atoms with Crippen molar-refractivity contribution in [1.82, 2.24) is 9.55 Å². The molecule has 11 heteroatoms. The second-order valence-corrected chi connectivity index (χ2v) is 5.64. The van der Waals surface area contributed by atoms with Gasteiger partial charge in [-0.15, -0.1) is 0 Å². The van der Waals surface area contributed by atoms with E-state index in [2.05, 4.69) is 4.98 Å². The van der Waals surface area contributed by atoms with Gasteiger partial charge in [0.15, 0.2) is 18.4 Å². The Morgan fingerprint density at radius 1 is 1.15 bits per heavy atom. The number of carbonyl (C=O) groups is 3.